The normalized spacial score (nSPS) is 12.2. The second kappa shape index (κ2) is 5.19. The maximum absolute atomic E-state index is 12.2. The fraction of sp³-hybridized carbons (Fsp3) is 0. The highest BCUT2D eigenvalue weighted by atomic mass is 32.2. The van der Waals surface area contributed by atoms with Gasteiger partial charge in [0.15, 0.2) is 0 Å². The predicted molar refractivity (Wildman–Crippen MR) is 82.3 cm³/mol. The summed E-state index contributed by atoms with van der Waals surface area (Å²) in [5.74, 6) is 0. The molecule has 0 radical (unpaired) electrons. The molecule has 0 amide bonds. The zero-order chi connectivity index (χ0) is 14.0. The molecule has 0 aliphatic rings. The Hall–Kier alpha value is -1.98. The van der Waals surface area contributed by atoms with Crippen LogP contribution in [0.4, 0.5) is 0 Å². The van der Waals surface area contributed by atoms with E-state index in [9.17, 15) is 8.42 Å². The smallest absolute Gasteiger partial charge is 0.225 e. The lowest BCUT2D eigenvalue weighted by molar-refractivity contribution is 0.604. The maximum Gasteiger partial charge on any atom is 0.226 e. The third kappa shape index (κ3) is 2.64. The van der Waals surface area contributed by atoms with Crippen molar-refractivity contribution in [3.05, 3.63) is 65.6 Å². The molecule has 100 valence electrons. The van der Waals surface area contributed by atoms with Gasteiger partial charge in [-0.2, -0.15) is 0 Å². The Morgan fingerprint density at radius 1 is 0.950 bits per heavy atom. The van der Waals surface area contributed by atoms with Gasteiger partial charge in [-0.1, -0.05) is 42.5 Å². The summed E-state index contributed by atoms with van der Waals surface area (Å²) in [6.45, 7) is 0. The Bertz CT molecular complexity index is 832. The number of fused-ring (bicyclic) bond motifs is 1. The number of rotatable bonds is 3. The van der Waals surface area contributed by atoms with Gasteiger partial charge in [-0.25, -0.2) is 13.4 Å². The van der Waals surface area contributed by atoms with Crippen molar-refractivity contribution in [2.45, 2.75) is 4.34 Å². The molecule has 0 fully saturated rings. The first-order valence-corrected chi connectivity index (χ1v) is 8.35. The molecule has 1 aromatic heterocycles. The van der Waals surface area contributed by atoms with Crippen molar-refractivity contribution >= 4 is 37.5 Å². The lowest BCUT2D eigenvalue weighted by Gasteiger charge is -1.93. The molecule has 0 atom stereocenters. The van der Waals surface area contributed by atoms with Crippen LogP contribution >= 0.6 is 11.3 Å². The number of sulfone groups is 1. The van der Waals surface area contributed by atoms with E-state index in [1.54, 1.807) is 6.08 Å². The average molecular weight is 301 g/mol. The molecule has 0 bridgehead atoms. The molecule has 3 aromatic rings. The van der Waals surface area contributed by atoms with E-state index in [1.807, 2.05) is 54.6 Å². The number of nitrogens with zero attached hydrogens (tertiary/aromatic N) is 1. The summed E-state index contributed by atoms with van der Waals surface area (Å²) in [5.41, 5.74) is 1.56. The van der Waals surface area contributed by atoms with E-state index in [2.05, 4.69) is 4.98 Å². The molecule has 2 aromatic carbocycles. The van der Waals surface area contributed by atoms with E-state index in [-0.39, 0.29) is 4.34 Å². The van der Waals surface area contributed by atoms with Crippen LogP contribution in [0.5, 0.6) is 0 Å². The summed E-state index contributed by atoms with van der Waals surface area (Å²) >= 11 is 1.19. The fourth-order valence-electron chi connectivity index (χ4n) is 1.76. The number of thiazole rings is 1. The quantitative estimate of drug-likeness (QED) is 0.740. The van der Waals surface area contributed by atoms with Gasteiger partial charge in [0.2, 0.25) is 14.2 Å². The number of aromatic nitrogens is 1. The number of benzene rings is 2. The van der Waals surface area contributed by atoms with E-state index in [1.165, 1.54) is 16.7 Å². The highest BCUT2D eigenvalue weighted by Gasteiger charge is 2.16. The summed E-state index contributed by atoms with van der Waals surface area (Å²) in [5, 5.41) is 1.21. The Labute approximate surface area is 121 Å². The molecule has 0 N–H and O–H groups in total. The molecule has 0 aliphatic heterocycles. The Balaban J connectivity index is 1.97. The Morgan fingerprint density at radius 3 is 2.40 bits per heavy atom. The van der Waals surface area contributed by atoms with Crippen LogP contribution in [0.2, 0.25) is 0 Å². The molecule has 1 heterocycles. The topological polar surface area (TPSA) is 47.0 Å². The van der Waals surface area contributed by atoms with Crippen molar-refractivity contribution < 1.29 is 8.42 Å². The van der Waals surface area contributed by atoms with Gasteiger partial charge in [-0.15, -0.1) is 11.3 Å². The number of hydrogen-bond acceptors (Lipinski definition) is 4. The Morgan fingerprint density at radius 2 is 1.65 bits per heavy atom. The Kier molecular flexibility index (Phi) is 3.38. The molecular formula is C15H11NO2S2. The van der Waals surface area contributed by atoms with Crippen molar-refractivity contribution in [3.8, 4) is 0 Å². The molecule has 3 nitrogen and oxygen atoms in total. The van der Waals surface area contributed by atoms with Crippen LogP contribution in [0.1, 0.15) is 5.56 Å². The van der Waals surface area contributed by atoms with Crippen LogP contribution in [0.25, 0.3) is 16.3 Å². The van der Waals surface area contributed by atoms with Crippen molar-refractivity contribution in [2.75, 3.05) is 0 Å². The van der Waals surface area contributed by atoms with Crippen LogP contribution in [0.15, 0.2) is 64.3 Å². The van der Waals surface area contributed by atoms with Crippen molar-refractivity contribution in [2.24, 2.45) is 0 Å². The standard InChI is InChI=1S/C15H11NO2S2/c17-20(18,11-10-12-6-2-1-3-7-12)15-16-13-8-4-5-9-14(13)19-15/h1-11H/b11-10+. The predicted octanol–water partition coefficient (Wildman–Crippen LogP) is 3.74. The van der Waals surface area contributed by atoms with E-state index in [0.29, 0.717) is 5.52 Å². The van der Waals surface area contributed by atoms with E-state index in [0.717, 1.165) is 10.3 Å². The van der Waals surface area contributed by atoms with E-state index in [4.69, 9.17) is 0 Å². The van der Waals surface area contributed by atoms with Gasteiger partial charge in [-0.05, 0) is 23.8 Å². The van der Waals surface area contributed by atoms with Gasteiger partial charge in [0.1, 0.15) is 0 Å². The van der Waals surface area contributed by atoms with Crippen LogP contribution < -0.4 is 0 Å². The van der Waals surface area contributed by atoms with Gasteiger partial charge >= 0.3 is 0 Å². The molecule has 0 saturated heterocycles. The van der Waals surface area contributed by atoms with Crippen LogP contribution in [0.3, 0.4) is 0 Å². The molecule has 0 saturated carbocycles. The summed E-state index contributed by atoms with van der Waals surface area (Å²) in [4.78, 5) is 4.18. The fourth-order valence-corrected chi connectivity index (χ4v) is 4.04. The third-order valence-electron chi connectivity index (χ3n) is 2.76. The van der Waals surface area contributed by atoms with Crippen LogP contribution in [0, 0.1) is 0 Å². The van der Waals surface area contributed by atoms with Gasteiger partial charge < -0.3 is 0 Å². The lowest BCUT2D eigenvalue weighted by Crippen LogP contribution is -1.94. The van der Waals surface area contributed by atoms with E-state index >= 15 is 0 Å². The average Bonchev–Trinajstić information content (AvgIpc) is 2.91. The second-order valence-electron chi connectivity index (χ2n) is 4.21. The largest absolute Gasteiger partial charge is 0.226 e. The minimum Gasteiger partial charge on any atom is -0.225 e. The minimum atomic E-state index is -3.49. The van der Waals surface area contributed by atoms with Crippen molar-refractivity contribution in [1.29, 1.82) is 0 Å². The summed E-state index contributed by atoms with van der Waals surface area (Å²) < 4.78 is 25.5. The molecule has 20 heavy (non-hydrogen) atoms. The maximum atomic E-state index is 12.2. The zero-order valence-electron chi connectivity index (χ0n) is 10.4. The molecule has 3 rings (SSSR count). The molecule has 5 heteroatoms. The van der Waals surface area contributed by atoms with Gasteiger partial charge in [-0.3, -0.25) is 0 Å². The second-order valence-corrected chi connectivity index (χ2v) is 7.24. The molecular weight excluding hydrogens is 290 g/mol. The highest BCUT2D eigenvalue weighted by Crippen LogP contribution is 2.26. The molecule has 0 aliphatic carbocycles. The van der Waals surface area contributed by atoms with Crippen LogP contribution in [-0.4, -0.2) is 13.4 Å². The molecule has 0 spiro atoms. The van der Waals surface area contributed by atoms with Crippen molar-refractivity contribution in [1.82, 2.24) is 4.98 Å². The van der Waals surface area contributed by atoms with Crippen molar-refractivity contribution in [3.63, 3.8) is 0 Å². The zero-order valence-corrected chi connectivity index (χ0v) is 12.1. The first-order chi connectivity index (χ1) is 9.65. The lowest BCUT2D eigenvalue weighted by atomic mass is 10.2. The number of para-hydroxylation sites is 1. The molecule has 0 unspecified atom stereocenters. The summed E-state index contributed by atoms with van der Waals surface area (Å²) in [6.07, 6.45) is 1.58. The van der Waals surface area contributed by atoms with Gasteiger partial charge in [0.25, 0.3) is 0 Å². The first-order valence-electron chi connectivity index (χ1n) is 5.99. The van der Waals surface area contributed by atoms with Gasteiger partial charge in [0.05, 0.1) is 10.2 Å². The minimum absolute atomic E-state index is 0.130. The highest BCUT2D eigenvalue weighted by molar-refractivity contribution is 7.96. The number of hydrogen-bond donors (Lipinski definition) is 0. The SMILES string of the molecule is O=S(=O)(/C=C/c1ccccc1)c1nc2ccccc2s1. The van der Waals surface area contributed by atoms with Gasteiger partial charge in [0, 0.05) is 5.41 Å². The summed E-state index contributed by atoms with van der Waals surface area (Å²) in [7, 11) is -3.49. The summed E-state index contributed by atoms with van der Waals surface area (Å²) in [6, 6.07) is 16.7. The first kappa shape index (κ1) is 13.0. The monoisotopic (exact) mass is 301 g/mol. The van der Waals surface area contributed by atoms with E-state index < -0.39 is 9.84 Å². The van der Waals surface area contributed by atoms with Crippen LogP contribution in [-0.2, 0) is 9.84 Å². The third-order valence-corrected chi connectivity index (χ3v) is 5.61.